The lowest BCUT2D eigenvalue weighted by Crippen LogP contribution is -2.37. The van der Waals surface area contributed by atoms with Gasteiger partial charge >= 0.3 is 6.03 Å². The van der Waals surface area contributed by atoms with Crippen LogP contribution < -0.4 is 21.1 Å². The zero-order valence-electron chi connectivity index (χ0n) is 18.0. The third-order valence-electron chi connectivity index (χ3n) is 4.46. The van der Waals surface area contributed by atoms with Crippen LogP contribution in [0.3, 0.4) is 0 Å². The maximum absolute atomic E-state index is 13.5. The van der Waals surface area contributed by atoms with Gasteiger partial charge in [0.1, 0.15) is 18.1 Å². The van der Waals surface area contributed by atoms with E-state index in [0.29, 0.717) is 28.9 Å². The highest BCUT2D eigenvalue weighted by Crippen LogP contribution is 2.39. The molecule has 3 rings (SSSR count). The molecule has 2 heterocycles. The number of hydrogen-bond donors (Lipinski definition) is 3. The van der Waals surface area contributed by atoms with Crippen LogP contribution in [0.5, 0.6) is 5.88 Å². The van der Waals surface area contributed by atoms with E-state index in [9.17, 15) is 18.0 Å². The molecule has 0 unspecified atom stereocenters. The fraction of sp³-hybridized carbons (Fsp3) is 0.273. The van der Waals surface area contributed by atoms with E-state index in [1.807, 2.05) is 0 Å². The van der Waals surface area contributed by atoms with Crippen LogP contribution in [-0.4, -0.2) is 40.7 Å². The number of halogens is 3. The van der Waals surface area contributed by atoms with Crippen molar-refractivity contribution in [2.24, 2.45) is 0 Å². The summed E-state index contributed by atoms with van der Waals surface area (Å²) in [6, 6.07) is 7.92. The summed E-state index contributed by atoms with van der Waals surface area (Å²) < 4.78 is 46.1. The molecule has 33 heavy (non-hydrogen) atoms. The molecule has 0 atom stereocenters. The summed E-state index contributed by atoms with van der Waals surface area (Å²) in [5.41, 5.74) is 7.21. The first-order chi connectivity index (χ1) is 15.8. The molecule has 2 amide bonds. The minimum Gasteiger partial charge on any atom is -0.475 e. The van der Waals surface area contributed by atoms with E-state index in [4.69, 9.17) is 10.5 Å². The van der Waals surface area contributed by atoms with E-state index in [2.05, 4.69) is 25.6 Å². The molecule has 0 radical (unpaired) electrons. The van der Waals surface area contributed by atoms with Gasteiger partial charge in [-0.1, -0.05) is 0 Å². The van der Waals surface area contributed by atoms with Crippen LogP contribution in [-0.2, 0) is 0 Å². The number of nitrogens with two attached hydrogens (primary N) is 1. The van der Waals surface area contributed by atoms with Crippen molar-refractivity contribution < 1.29 is 22.7 Å². The summed E-state index contributed by atoms with van der Waals surface area (Å²) in [6.45, 7) is 4.01. The molecule has 4 N–H and O–H groups in total. The van der Waals surface area contributed by atoms with Gasteiger partial charge in [-0.3, -0.25) is 4.98 Å². The quantitative estimate of drug-likeness (QED) is 0.440. The van der Waals surface area contributed by atoms with Crippen LogP contribution in [0.4, 0.5) is 23.9 Å². The van der Waals surface area contributed by atoms with Crippen molar-refractivity contribution in [2.75, 3.05) is 25.4 Å². The average Bonchev–Trinajstić information content (AvgIpc) is 2.76. The molecular formula is C22H23F3N6O2. The number of anilines is 1. The van der Waals surface area contributed by atoms with Crippen LogP contribution in [0.1, 0.15) is 24.7 Å². The second-order valence-corrected chi connectivity index (χ2v) is 6.97. The van der Waals surface area contributed by atoms with Gasteiger partial charge in [-0.25, -0.2) is 22.9 Å². The summed E-state index contributed by atoms with van der Waals surface area (Å²) in [6.07, 6.45) is -2.79. The van der Waals surface area contributed by atoms with Crippen LogP contribution in [0.25, 0.3) is 22.4 Å². The van der Waals surface area contributed by atoms with Gasteiger partial charge in [0.15, 0.2) is 0 Å². The highest BCUT2D eigenvalue weighted by Gasteiger charge is 2.21. The number of carbonyl (C=O) groups is 1. The zero-order valence-corrected chi connectivity index (χ0v) is 18.0. The lowest BCUT2D eigenvalue weighted by atomic mass is 9.99. The summed E-state index contributed by atoms with van der Waals surface area (Å²) in [5, 5.41) is 5.20. The number of alkyl halides is 2. The van der Waals surface area contributed by atoms with Crippen LogP contribution >= 0.6 is 0 Å². The highest BCUT2D eigenvalue weighted by atomic mass is 19.3. The van der Waals surface area contributed by atoms with E-state index >= 15 is 0 Å². The van der Waals surface area contributed by atoms with Crippen LogP contribution in [0.15, 0.2) is 36.4 Å². The van der Waals surface area contributed by atoms with Crippen LogP contribution in [0.2, 0.25) is 0 Å². The van der Waals surface area contributed by atoms with E-state index in [0.717, 1.165) is 0 Å². The van der Waals surface area contributed by atoms with Gasteiger partial charge in [0, 0.05) is 17.8 Å². The standard InChI is InChI=1S/C22H23F3N6O2/c1-3-27-22(32)28-8-9-33-20-17(14-10-12(2)29-16(11-14)19(24)25)18(30-21(26)31-20)13-4-6-15(23)7-5-13/h4-7,10-11,19H,3,8-9H2,1-2H3,(H2,26,30,31)(H2,27,28,32). The number of benzene rings is 1. The number of nitrogens with zero attached hydrogens (tertiary/aromatic N) is 3. The molecule has 174 valence electrons. The molecule has 0 aliphatic carbocycles. The molecule has 3 aromatic rings. The van der Waals surface area contributed by atoms with Crippen molar-refractivity contribution in [1.82, 2.24) is 25.6 Å². The third kappa shape index (κ3) is 6.09. The van der Waals surface area contributed by atoms with Crippen molar-refractivity contribution in [2.45, 2.75) is 20.3 Å². The largest absolute Gasteiger partial charge is 0.475 e. The van der Waals surface area contributed by atoms with Crippen molar-refractivity contribution >= 4 is 12.0 Å². The number of pyridine rings is 1. The smallest absolute Gasteiger partial charge is 0.314 e. The maximum atomic E-state index is 13.5. The first-order valence-electron chi connectivity index (χ1n) is 10.1. The average molecular weight is 460 g/mol. The number of nitrogens with one attached hydrogen (secondary N) is 2. The van der Waals surface area contributed by atoms with Gasteiger partial charge in [0.2, 0.25) is 11.8 Å². The van der Waals surface area contributed by atoms with Gasteiger partial charge in [-0.2, -0.15) is 4.98 Å². The Bertz CT molecular complexity index is 1130. The van der Waals surface area contributed by atoms with Gasteiger partial charge < -0.3 is 21.1 Å². The summed E-state index contributed by atoms with van der Waals surface area (Å²) in [5.74, 6) is -0.537. The van der Waals surface area contributed by atoms with Crippen molar-refractivity contribution in [3.8, 4) is 28.3 Å². The van der Waals surface area contributed by atoms with Crippen LogP contribution in [0, 0.1) is 12.7 Å². The molecule has 2 aromatic heterocycles. The molecule has 11 heteroatoms. The Morgan fingerprint density at radius 2 is 1.82 bits per heavy atom. The molecule has 1 aromatic carbocycles. The van der Waals surface area contributed by atoms with Gasteiger partial charge in [0.25, 0.3) is 6.43 Å². The number of nitrogen functional groups attached to an aromatic ring is 1. The molecule has 0 aliphatic rings. The number of carbonyl (C=O) groups excluding carboxylic acids is 1. The second-order valence-electron chi connectivity index (χ2n) is 6.97. The number of rotatable bonds is 8. The SMILES string of the molecule is CCNC(=O)NCCOc1nc(N)nc(-c2ccc(F)cc2)c1-c1cc(C)nc(C(F)F)c1. The normalized spacial score (nSPS) is 10.8. The molecule has 0 spiro atoms. The minimum atomic E-state index is -2.79. The first-order valence-corrected chi connectivity index (χ1v) is 10.1. The number of ether oxygens (including phenoxy) is 1. The molecule has 0 fully saturated rings. The number of hydrogen-bond acceptors (Lipinski definition) is 6. The number of aryl methyl sites for hydroxylation is 1. The van der Waals surface area contributed by atoms with Gasteiger partial charge in [0.05, 0.1) is 17.8 Å². The fourth-order valence-electron chi connectivity index (χ4n) is 3.12. The summed E-state index contributed by atoms with van der Waals surface area (Å²) in [4.78, 5) is 23.9. The van der Waals surface area contributed by atoms with E-state index < -0.39 is 17.9 Å². The predicted octanol–water partition coefficient (Wildman–Crippen LogP) is 3.87. The minimum absolute atomic E-state index is 0.0230. The van der Waals surface area contributed by atoms with Crippen molar-refractivity contribution in [3.63, 3.8) is 0 Å². The lowest BCUT2D eigenvalue weighted by molar-refractivity contribution is 0.146. The Balaban J connectivity index is 2.07. The Kier molecular flexibility index (Phi) is 7.65. The lowest BCUT2D eigenvalue weighted by Gasteiger charge is -2.17. The zero-order chi connectivity index (χ0) is 24.0. The molecule has 0 saturated heterocycles. The monoisotopic (exact) mass is 460 g/mol. The van der Waals surface area contributed by atoms with E-state index in [-0.39, 0.29) is 36.7 Å². The first kappa shape index (κ1) is 23.8. The number of urea groups is 1. The van der Waals surface area contributed by atoms with Gasteiger partial charge in [-0.15, -0.1) is 0 Å². The fourth-order valence-corrected chi connectivity index (χ4v) is 3.12. The predicted molar refractivity (Wildman–Crippen MR) is 117 cm³/mol. The Labute approximate surface area is 188 Å². The molecular weight excluding hydrogens is 437 g/mol. The second kappa shape index (κ2) is 10.6. The number of aromatic nitrogens is 3. The molecule has 8 nitrogen and oxygen atoms in total. The molecule has 0 bridgehead atoms. The summed E-state index contributed by atoms with van der Waals surface area (Å²) >= 11 is 0. The highest BCUT2D eigenvalue weighted by molar-refractivity contribution is 5.85. The van der Waals surface area contributed by atoms with Gasteiger partial charge in [-0.05, 0) is 55.8 Å². The molecule has 0 aliphatic heterocycles. The van der Waals surface area contributed by atoms with E-state index in [1.165, 1.54) is 30.3 Å². The Morgan fingerprint density at radius 1 is 1.09 bits per heavy atom. The maximum Gasteiger partial charge on any atom is 0.314 e. The Hall–Kier alpha value is -3.89. The number of amides is 2. The topological polar surface area (TPSA) is 115 Å². The van der Waals surface area contributed by atoms with Crippen molar-refractivity contribution in [1.29, 1.82) is 0 Å². The van der Waals surface area contributed by atoms with E-state index in [1.54, 1.807) is 19.9 Å². The summed E-state index contributed by atoms with van der Waals surface area (Å²) in [7, 11) is 0. The third-order valence-corrected chi connectivity index (χ3v) is 4.46. The Morgan fingerprint density at radius 3 is 2.48 bits per heavy atom. The molecule has 0 saturated carbocycles. The van der Waals surface area contributed by atoms with Crippen molar-refractivity contribution in [3.05, 3.63) is 53.6 Å².